The summed E-state index contributed by atoms with van der Waals surface area (Å²) in [5.41, 5.74) is 11.7. The highest BCUT2D eigenvalue weighted by atomic mass is 16.5. The Balaban J connectivity index is 1.93. The summed E-state index contributed by atoms with van der Waals surface area (Å²) in [4.78, 5) is 13.5. The van der Waals surface area contributed by atoms with Gasteiger partial charge in [-0.15, -0.1) is 0 Å². The average molecular weight is 334 g/mol. The first kappa shape index (κ1) is 15.4. The number of nitrogens with zero attached hydrogens (tertiary/aromatic N) is 3. The number of hydrogen-bond donors (Lipinski definition) is 1. The molecule has 0 atom stereocenters. The van der Waals surface area contributed by atoms with Crippen LogP contribution in [0.15, 0.2) is 36.4 Å². The fraction of sp³-hybridized carbons (Fsp3) is 0.211. The van der Waals surface area contributed by atoms with Crippen molar-refractivity contribution in [2.45, 2.75) is 12.8 Å². The van der Waals surface area contributed by atoms with Gasteiger partial charge in [0.15, 0.2) is 0 Å². The Morgan fingerprint density at radius 1 is 0.920 bits per heavy atom. The normalized spacial score (nSPS) is 12.2. The summed E-state index contributed by atoms with van der Waals surface area (Å²) in [5.74, 6) is 1.57. The highest BCUT2D eigenvalue weighted by molar-refractivity contribution is 5.78. The van der Waals surface area contributed by atoms with Crippen LogP contribution < -0.4 is 15.2 Å². The number of nitrogen functional groups attached to an aromatic ring is 1. The molecule has 1 aliphatic rings. The van der Waals surface area contributed by atoms with Crippen molar-refractivity contribution in [1.82, 2.24) is 15.0 Å². The van der Waals surface area contributed by atoms with E-state index in [1.54, 1.807) is 20.3 Å². The predicted molar refractivity (Wildman–Crippen MR) is 95.6 cm³/mol. The van der Waals surface area contributed by atoms with Crippen LogP contribution in [0.2, 0.25) is 0 Å². The second-order valence-electron chi connectivity index (χ2n) is 5.85. The van der Waals surface area contributed by atoms with Gasteiger partial charge in [0, 0.05) is 17.2 Å². The lowest BCUT2D eigenvalue weighted by atomic mass is 9.87. The second-order valence-corrected chi connectivity index (χ2v) is 5.85. The maximum atomic E-state index is 6.01. The van der Waals surface area contributed by atoms with E-state index in [0.717, 1.165) is 46.8 Å². The van der Waals surface area contributed by atoms with E-state index in [0.29, 0.717) is 5.88 Å². The molecular formula is C19H18N4O2. The van der Waals surface area contributed by atoms with Crippen LogP contribution in [0, 0.1) is 0 Å². The molecule has 6 heteroatoms. The molecule has 2 heterocycles. The lowest BCUT2D eigenvalue weighted by molar-refractivity contribution is 0.398. The minimum Gasteiger partial charge on any atom is -0.497 e. The van der Waals surface area contributed by atoms with Crippen molar-refractivity contribution in [3.05, 3.63) is 47.5 Å². The van der Waals surface area contributed by atoms with Gasteiger partial charge in [0.1, 0.15) is 5.75 Å². The SMILES string of the molecule is COc1ccc2c(c1)-c1nc(N)nc(-c3cccc(OC)n3)c1CC2. The molecule has 0 saturated heterocycles. The number of rotatable bonds is 3. The Morgan fingerprint density at radius 2 is 1.76 bits per heavy atom. The Labute approximate surface area is 145 Å². The molecule has 0 radical (unpaired) electrons. The van der Waals surface area contributed by atoms with Crippen LogP contribution in [0.3, 0.4) is 0 Å². The minimum absolute atomic E-state index is 0.231. The molecule has 1 aliphatic carbocycles. The number of methoxy groups -OCH3 is 2. The Kier molecular flexibility index (Phi) is 3.72. The van der Waals surface area contributed by atoms with Gasteiger partial charge in [-0.2, -0.15) is 0 Å². The van der Waals surface area contributed by atoms with Crippen LogP contribution in [0.25, 0.3) is 22.6 Å². The zero-order chi connectivity index (χ0) is 17.4. The van der Waals surface area contributed by atoms with Gasteiger partial charge in [-0.3, -0.25) is 0 Å². The monoisotopic (exact) mass is 334 g/mol. The maximum Gasteiger partial charge on any atom is 0.221 e. The molecule has 2 aromatic heterocycles. The number of aryl methyl sites for hydroxylation is 1. The van der Waals surface area contributed by atoms with E-state index in [4.69, 9.17) is 15.2 Å². The Hall–Kier alpha value is -3.15. The van der Waals surface area contributed by atoms with E-state index in [9.17, 15) is 0 Å². The quantitative estimate of drug-likeness (QED) is 0.793. The number of ether oxygens (including phenoxy) is 2. The molecule has 4 rings (SSSR count). The molecule has 1 aromatic carbocycles. The molecule has 0 unspecified atom stereocenters. The van der Waals surface area contributed by atoms with E-state index in [-0.39, 0.29) is 5.95 Å². The number of anilines is 1. The first-order valence-corrected chi connectivity index (χ1v) is 8.04. The predicted octanol–water partition coefficient (Wildman–Crippen LogP) is 2.90. The summed E-state index contributed by atoms with van der Waals surface area (Å²) in [5, 5.41) is 0. The number of benzene rings is 1. The Bertz CT molecular complexity index is 939. The van der Waals surface area contributed by atoms with Gasteiger partial charge < -0.3 is 15.2 Å². The van der Waals surface area contributed by atoms with E-state index in [1.165, 1.54) is 5.56 Å². The molecule has 0 saturated carbocycles. The first-order valence-electron chi connectivity index (χ1n) is 8.04. The zero-order valence-electron chi connectivity index (χ0n) is 14.1. The summed E-state index contributed by atoms with van der Waals surface area (Å²) in [6, 6.07) is 11.7. The molecule has 3 aromatic rings. The summed E-state index contributed by atoms with van der Waals surface area (Å²) in [6.45, 7) is 0. The summed E-state index contributed by atoms with van der Waals surface area (Å²) >= 11 is 0. The van der Waals surface area contributed by atoms with Crippen LogP contribution in [-0.2, 0) is 12.8 Å². The number of pyridine rings is 1. The van der Waals surface area contributed by atoms with E-state index >= 15 is 0 Å². The van der Waals surface area contributed by atoms with Crippen molar-refractivity contribution in [2.75, 3.05) is 20.0 Å². The molecule has 0 spiro atoms. The van der Waals surface area contributed by atoms with Crippen molar-refractivity contribution in [3.63, 3.8) is 0 Å². The van der Waals surface area contributed by atoms with Gasteiger partial charge in [-0.1, -0.05) is 12.1 Å². The molecule has 6 nitrogen and oxygen atoms in total. The smallest absolute Gasteiger partial charge is 0.221 e. The molecule has 0 fully saturated rings. The number of hydrogen-bond acceptors (Lipinski definition) is 6. The van der Waals surface area contributed by atoms with Gasteiger partial charge in [0.2, 0.25) is 11.8 Å². The molecule has 0 amide bonds. The molecule has 0 bridgehead atoms. The highest BCUT2D eigenvalue weighted by Gasteiger charge is 2.24. The molecule has 0 aliphatic heterocycles. The molecule has 25 heavy (non-hydrogen) atoms. The largest absolute Gasteiger partial charge is 0.497 e. The van der Waals surface area contributed by atoms with Crippen molar-refractivity contribution in [3.8, 4) is 34.3 Å². The number of nitrogens with two attached hydrogens (primary N) is 1. The fourth-order valence-electron chi connectivity index (χ4n) is 3.21. The van der Waals surface area contributed by atoms with E-state index < -0.39 is 0 Å². The lowest BCUT2D eigenvalue weighted by Gasteiger charge is -2.22. The van der Waals surface area contributed by atoms with Gasteiger partial charge in [-0.25, -0.2) is 15.0 Å². The van der Waals surface area contributed by atoms with Crippen LogP contribution in [0.1, 0.15) is 11.1 Å². The molecular weight excluding hydrogens is 316 g/mol. The number of fused-ring (bicyclic) bond motifs is 3. The van der Waals surface area contributed by atoms with Gasteiger partial charge in [0.25, 0.3) is 0 Å². The highest BCUT2D eigenvalue weighted by Crippen LogP contribution is 2.38. The summed E-state index contributed by atoms with van der Waals surface area (Å²) in [7, 11) is 3.25. The lowest BCUT2D eigenvalue weighted by Crippen LogP contribution is -2.12. The van der Waals surface area contributed by atoms with E-state index in [1.807, 2.05) is 24.3 Å². The van der Waals surface area contributed by atoms with Gasteiger partial charge in [-0.05, 0) is 36.6 Å². The maximum absolute atomic E-state index is 6.01. The topological polar surface area (TPSA) is 83.2 Å². The van der Waals surface area contributed by atoms with Crippen molar-refractivity contribution in [1.29, 1.82) is 0 Å². The first-order chi connectivity index (χ1) is 12.2. The average Bonchev–Trinajstić information content (AvgIpc) is 2.66. The number of aromatic nitrogens is 3. The Morgan fingerprint density at radius 3 is 2.56 bits per heavy atom. The van der Waals surface area contributed by atoms with Crippen LogP contribution in [0.4, 0.5) is 5.95 Å². The van der Waals surface area contributed by atoms with Crippen LogP contribution in [0.5, 0.6) is 11.6 Å². The van der Waals surface area contributed by atoms with Crippen molar-refractivity contribution >= 4 is 5.95 Å². The minimum atomic E-state index is 0.231. The van der Waals surface area contributed by atoms with Crippen molar-refractivity contribution in [2.24, 2.45) is 0 Å². The van der Waals surface area contributed by atoms with Crippen LogP contribution in [-0.4, -0.2) is 29.2 Å². The van der Waals surface area contributed by atoms with Gasteiger partial charge in [0.05, 0.1) is 31.3 Å². The summed E-state index contributed by atoms with van der Waals surface area (Å²) < 4.78 is 10.6. The molecule has 2 N–H and O–H groups in total. The zero-order valence-corrected chi connectivity index (χ0v) is 14.1. The van der Waals surface area contributed by atoms with Crippen LogP contribution >= 0.6 is 0 Å². The third-order valence-corrected chi connectivity index (χ3v) is 4.42. The second kappa shape index (κ2) is 6.05. The third-order valence-electron chi connectivity index (χ3n) is 4.42. The van der Waals surface area contributed by atoms with Gasteiger partial charge >= 0.3 is 0 Å². The standard InChI is InChI=1S/C19H18N4O2/c1-24-12-8-6-11-7-9-13-17(14(11)10-12)22-19(20)23-18(13)15-4-3-5-16(21-15)25-2/h3-6,8,10H,7,9H2,1-2H3,(H2,20,22,23). The fourth-order valence-corrected chi connectivity index (χ4v) is 3.21. The molecule has 126 valence electrons. The summed E-state index contributed by atoms with van der Waals surface area (Å²) in [6.07, 6.45) is 1.75. The third kappa shape index (κ3) is 2.65. The van der Waals surface area contributed by atoms with E-state index in [2.05, 4.69) is 21.0 Å². The van der Waals surface area contributed by atoms with Crippen molar-refractivity contribution < 1.29 is 9.47 Å².